The van der Waals surface area contributed by atoms with Crippen LogP contribution in [0.3, 0.4) is 0 Å². The number of nitrogens with two attached hydrogens (primary N) is 2. The molecule has 0 unspecified atom stereocenters. The van der Waals surface area contributed by atoms with Crippen LogP contribution >= 0.6 is 11.8 Å². The quantitative estimate of drug-likeness (QED) is 0.597. The van der Waals surface area contributed by atoms with E-state index in [-0.39, 0.29) is 11.9 Å². The number of carbonyl (C=O) groups is 1. The number of benzene rings is 1. The van der Waals surface area contributed by atoms with Crippen molar-refractivity contribution >= 4 is 29.2 Å². The van der Waals surface area contributed by atoms with Gasteiger partial charge in [0.1, 0.15) is 0 Å². The van der Waals surface area contributed by atoms with Crippen LogP contribution in [0.1, 0.15) is 28.4 Å². The molecule has 0 aliphatic carbocycles. The lowest BCUT2D eigenvalue weighted by Gasteiger charge is -2.16. The standard InChI is InChI=1S/C13H15N3OS/c1-7-3-4-18-11-6-10(8(2)5-9(7)11)12(17)16-13(14)15/h3,5-6H,4H2,1-2H3,(H4,14,15,16,17). The van der Waals surface area contributed by atoms with Crippen molar-refractivity contribution in [3.05, 3.63) is 34.9 Å². The van der Waals surface area contributed by atoms with Crippen molar-refractivity contribution in [2.45, 2.75) is 18.7 Å². The highest BCUT2D eigenvalue weighted by Crippen LogP contribution is 2.35. The highest BCUT2D eigenvalue weighted by atomic mass is 32.2. The van der Waals surface area contributed by atoms with Gasteiger partial charge in [-0.1, -0.05) is 6.08 Å². The molecule has 2 rings (SSSR count). The van der Waals surface area contributed by atoms with Gasteiger partial charge in [0, 0.05) is 16.2 Å². The summed E-state index contributed by atoms with van der Waals surface area (Å²) >= 11 is 1.71. The number of amides is 1. The first-order chi connectivity index (χ1) is 8.49. The van der Waals surface area contributed by atoms with E-state index in [0.717, 1.165) is 16.2 Å². The topological polar surface area (TPSA) is 81.5 Å². The Hall–Kier alpha value is -1.75. The van der Waals surface area contributed by atoms with Gasteiger partial charge in [0.05, 0.1) is 0 Å². The van der Waals surface area contributed by atoms with Gasteiger partial charge in [0.2, 0.25) is 0 Å². The summed E-state index contributed by atoms with van der Waals surface area (Å²) < 4.78 is 0. The lowest BCUT2D eigenvalue weighted by molar-refractivity contribution is 0.100. The summed E-state index contributed by atoms with van der Waals surface area (Å²) in [5.41, 5.74) is 14.3. The number of fused-ring (bicyclic) bond motifs is 1. The third-order valence-electron chi connectivity index (χ3n) is 2.84. The highest BCUT2D eigenvalue weighted by Gasteiger charge is 2.16. The van der Waals surface area contributed by atoms with Crippen molar-refractivity contribution < 1.29 is 4.79 Å². The third kappa shape index (κ3) is 2.41. The van der Waals surface area contributed by atoms with Crippen LogP contribution in [0.2, 0.25) is 0 Å². The summed E-state index contributed by atoms with van der Waals surface area (Å²) in [6.45, 7) is 3.97. The Kier molecular flexibility index (Phi) is 3.43. The van der Waals surface area contributed by atoms with Gasteiger partial charge in [0.15, 0.2) is 5.96 Å². The minimum atomic E-state index is -0.386. The fourth-order valence-corrected chi connectivity index (χ4v) is 2.98. The average molecular weight is 261 g/mol. The van der Waals surface area contributed by atoms with Gasteiger partial charge in [-0.15, -0.1) is 11.8 Å². The molecular weight excluding hydrogens is 246 g/mol. The van der Waals surface area contributed by atoms with E-state index in [1.54, 1.807) is 11.8 Å². The monoisotopic (exact) mass is 261 g/mol. The number of aryl methyl sites for hydroxylation is 1. The molecule has 1 aromatic carbocycles. The normalized spacial score (nSPS) is 13.6. The summed E-state index contributed by atoms with van der Waals surface area (Å²) in [4.78, 5) is 16.6. The molecule has 1 aromatic rings. The van der Waals surface area contributed by atoms with Crippen LogP contribution in [0.5, 0.6) is 0 Å². The number of nitrogens with zero attached hydrogens (tertiary/aromatic N) is 1. The molecule has 18 heavy (non-hydrogen) atoms. The van der Waals surface area contributed by atoms with Gasteiger partial charge in [-0.05, 0) is 42.7 Å². The van der Waals surface area contributed by atoms with Gasteiger partial charge in [-0.25, -0.2) is 0 Å². The molecule has 0 fully saturated rings. The average Bonchev–Trinajstić information content (AvgIpc) is 2.28. The van der Waals surface area contributed by atoms with E-state index in [1.807, 2.05) is 19.1 Å². The van der Waals surface area contributed by atoms with Crippen LogP contribution in [-0.4, -0.2) is 17.6 Å². The number of guanidine groups is 1. The lowest BCUT2D eigenvalue weighted by Crippen LogP contribution is -2.24. The number of hydrogen-bond donors (Lipinski definition) is 2. The first kappa shape index (κ1) is 12.7. The van der Waals surface area contributed by atoms with Gasteiger partial charge in [0.25, 0.3) is 5.91 Å². The van der Waals surface area contributed by atoms with E-state index in [1.165, 1.54) is 11.1 Å². The molecule has 1 aliphatic heterocycles. The molecule has 0 aromatic heterocycles. The number of thioether (sulfide) groups is 1. The number of allylic oxidation sites excluding steroid dienone is 1. The van der Waals surface area contributed by atoms with Crippen LogP contribution in [0, 0.1) is 6.92 Å². The molecule has 4 N–H and O–H groups in total. The molecule has 0 saturated carbocycles. The SMILES string of the molecule is CC1=CCSc2cc(C(=O)N=C(N)N)c(C)cc21. The summed E-state index contributed by atoms with van der Waals surface area (Å²) in [6, 6.07) is 3.89. The zero-order chi connectivity index (χ0) is 13.3. The van der Waals surface area contributed by atoms with Gasteiger partial charge in [-0.3, -0.25) is 4.79 Å². The van der Waals surface area contributed by atoms with Crippen molar-refractivity contribution in [1.29, 1.82) is 0 Å². The fraction of sp³-hybridized carbons (Fsp3) is 0.231. The number of hydrogen-bond acceptors (Lipinski definition) is 2. The Morgan fingerprint density at radius 2 is 2.06 bits per heavy atom. The van der Waals surface area contributed by atoms with Crippen LogP contribution in [0.15, 0.2) is 28.1 Å². The first-order valence-electron chi connectivity index (χ1n) is 5.57. The molecule has 94 valence electrons. The Morgan fingerprint density at radius 1 is 1.33 bits per heavy atom. The smallest absolute Gasteiger partial charge is 0.280 e. The van der Waals surface area contributed by atoms with Crippen molar-refractivity contribution in [2.75, 3.05) is 5.75 Å². The van der Waals surface area contributed by atoms with E-state index in [9.17, 15) is 4.79 Å². The van der Waals surface area contributed by atoms with E-state index >= 15 is 0 Å². The molecule has 0 atom stereocenters. The van der Waals surface area contributed by atoms with E-state index in [0.29, 0.717) is 5.56 Å². The van der Waals surface area contributed by atoms with Gasteiger partial charge >= 0.3 is 0 Å². The maximum atomic E-state index is 11.9. The Labute approximate surface area is 110 Å². The molecule has 1 heterocycles. The second kappa shape index (κ2) is 4.86. The summed E-state index contributed by atoms with van der Waals surface area (Å²) in [5.74, 6) is 0.335. The molecule has 4 nitrogen and oxygen atoms in total. The maximum Gasteiger partial charge on any atom is 0.280 e. The molecular formula is C13H15N3OS. The van der Waals surface area contributed by atoms with Crippen LogP contribution in [0.4, 0.5) is 0 Å². The predicted molar refractivity (Wildman–Crippen MR) is 75.7 cm³/mol. The van der Waals surface area contributed by atoms with Crippen LogP contribution in [0.25, 0.3) is 5.57 Å². The third-order valence-corrected chi connectivity index (χ3v) is 3.82. The van der Waals surface area contributed by atoms with Gasteiger partial charge in [-0.2, -0.15) is 4.99 Å². The zero-order valence-corrected chi connectivity index (χ0v) is 11.2. The largest absolute Gasteiger partial charge is 0.370 e. The summed E-state index contributed by atoms with van der Waals surface area (Å²) in [7, 11) is 0. The zero-order valence-electron chi connectivity index (χ0n) is 10.4. The summed E-state index contributed by atoms with van der Waals surface area (Å²) in [5, 5.41) is 0. The number of rotatable bonds is 1. The Morgan fingerprint density at radius 3 is 2.72 bits per heavy atom. The predicted octanol–water partition coefficient (Wildman–Crippen LogP) is 1.92. The van der Waals surface area contributed by atoms with Crippen molar-refractivity contribution in [2.24, 2.45) is 16.5 Å². The minimum Gasteiger partial charge on any atom is -0.370 e. The van der Waals surface area contributed by atoms with Crippen molar-refractivity contribution in [3.8, 4) is 0 Å². The Balaban J connectivity index is 2.50. The van der Waals surface area contributed by atoms with Crippen LogP contribution in [-0.2, 0) is 0 Å². The molecule has 0 spiro atoms. The summed E-state index contributed by atoms with van der Waals surface area (Å²) in [6.07, 6.45) is 2.18. The molecule has 0 radical (unpaired) electrons. The van der Waals surface area contributed by atoms with Gasteiger partial charge < -0.3 is 11.5 Å². The molecule has 1 aliphatic rings. The first-order valence-corrected chi connectivity index (χ1v) is 6.56. The second-order valence-corrected chi connectivity index (χ2v) is 5.27. The van der Waals surface area contributed by atoms with E-state index < -0.39 is 0 Å². The highest BCUT2D eigenvalue weighted by molar-refractivity contribution is 7.99. The van der Waals surface area contributed by atoms with Crippen LogP contribution < -0.4 is 11.5 Å². The number of carbonyl (C=O) groups excluding carboxylic acids is 1. The Bertz CT molecular complexity index is 572. The molecule has 5 heteroatoms. The van der Waals surface area contributed by atoms with Crippen molar-refractivity contribution in [1.82, 2.24) is 0 Å². The molecule has 0 saturated heterocycles. The van der Waals surface area contributed by atoms with E-state index in [4.69, 9.17) is 11.5 Å². The minimum absolute atomic E-state index is 0.208. The van der Waals surface area contributed by atoms with E-state index in [2.05, 4.69) is 18.0 Å². The fourth-order valence-electron chi connectivity index (χ4n) is 1.89. The van der Waals surface area contributed by atoms with Crippen molar-refractivity contribution in [3.63, 3.8) is 0 Å². The maximum absolute atomic E-state index is 11.9. The number of aliphatic imine (C=N–C) groups is 1. The second-order valence-electron chi connectivity index (χ2n) is 4.20. The molecule has 1 amide bonds. The lowest BCUT2D eigenvalue weighted by atomic mass is 10.00. The molecule has 0 bridgehead atoms.